The van der Waals surface area contributed by atoms with Crippen molar-refractivity contribution in [2.24, 2.45) is 10.2 Å². The van der Waals surface area contributed by atoms with Gasteiger partial charge in [-0.15, -0.1) is 0 Å². The van der Waals surface area contributed by atoms with Gasteiger partial charge in [0.1, 0.15) is 0 Å². The Bertz CT molecular complexity index is 1160. The van der Waals surface area contributed by atoms with E-state index in [4.69, 9.17) is 13.9 Å². The number of rotatable bonds is 10. The number of nitrogens with one attached hydrogen (secondary N) is 2. The van der Waals surface area contributed by atoms with Crippen molar-refractivity contribution in [3.8, 4) is 23.0 Å². The van der Waals surface area contributed by atoms with Crippen LogP contribution in [0.25, 0.3) is 0 Å². The Balaban J connectivity index is 1.55. The van der Waals surface area contributed by atoms with E-state index in [1.54, 1.807) is 38.1 Å². The van der Waals surface area contributed by atoms with Gasteiger partial charge in [0.05, 0.1) is 25.6 Å². The topological polar surface area (TPSA) is 155 Å². The fourth-order valence-corrected chi connectivity index (χ4v) is 2.79. The molecule has 2 amide bonds. The maximum atomic E-state index is 12.2. The number of nitrogens with zero attached hydrogens (tertiary/aromatic N) is 2. The van der Waals surface area contributed by atoms with Crippen molar-refractivity contribution < 1.29 is 33.7 Å². The molecule has 0 aliphatic rings. The molecule has 2 aromatic carbocycles. The smallest absolute Gasteiger partial charge is 0.307 e. The first-order chi connectivity index (χ1) is 16.9. The average molecular weight is 480 g/mol. The highest BCUT2D eigenvalue weighted by Crippen LogP contribution is 2.27. The highest BCUT2D eigenvalue weighted by molar-refractivity contribution is 5.96. The van der Waals surface area contributed by atoms with Gasteiger partial charge in [-0.1, -0.05) is 0 Å². The Kier molecular flexibility index (Phi) is 8.43. The van der Waals surface area contributed by atoms with E-state index in [9.17, 15) is 19.8 Å². The lowest BCUT2D eigenvalue weighted by Crippen LogP contribution is -2.18. The molecule has 0 atom stereocenters. The van der Waals surface area contributed by atoms with Gasteiger partial charge in [-0.3, -0.25) is 9.59 Å². The van der Waals surface area contributed by atoms with Crippen LogP contribution in [0.2, 0.25) is 0 Å². The second-order valence-corrected chi connectivity index (χ2v) is 6.88. The van der Waals surface area contributed by atoms with E-state index < -0.39 is 11.8 Å². The summed E-state index contributed by atoms with van der Waals surface area (Å²) in [5.74, 6) is -0.997. The number of furan rings is 1. The molecule has 0 radical (unpaired) electrons. The van der Waals surface area contributed by atoms with Crippen LogP contribution >= 0.6 is 0 Å². The van der Waals surface area contributed by atoms with Crippen LogP contribution in [0.5, 0.6) is 23.0 Å². The molecule has 0 aliphatic carbocycles. The summed E-state index contributed by atoms with van der Waals surface area (Å²) in [4.78, 5) is 24.5. The molecular formula is C24H24N4O7. The molecule has 1 heterocycles. The van der Waals surface area contributed by atoms with Crippen LogP contribution in [0.15, 0.2) is 63.2 Å². The third kappa shape index (κ3) is 6.84. The zero-order chi connectivity index (χ0) is 25.2. The summed E-state index contributed by atoms with van der Waals surface area (Å²) in [6.07, 6.45) is 2.73. The first-order valence-corrected chi connectivity index (χ1v) is 10.6. The number of benzene rings is 2. The van der Waals surface area contributed by atoms with Crippen molar-refractivity contribution in [2.75, 3.05) is 13.2 Å². The van der Waals surface area contributed by atoms with Gasteiger partial charge in [0.2, 0.25) is 0 Å². The molecular weight excluding hydrogens is 456 g/mol. The zero-order valence-corrected chi connectivity index (χ0v) is 19.0. The van der Waals surface area contributed by atoms with Gasteiger partial charge >= 0.3 is 11.8 Å². The molecule has 0 unspecified atom stereocenters. The van der Waals surface area contributed by atoms with Crippen LogP contribution in [0, 0.1) is 0 Å². The standard InChI is InChI=1S/C24H24N4O7/c1-3-33-21-11-15(5-7-17(21)29)13-25-27-23(31)19-9-10-20(35-19)24(32)28-26-14-16-6-8-18(30)22(12-16)34-4-2/h5-14,29-30H,3-4H2,1-2H3,(H,27,31)(H,28,32)/b25-13+,26-14+. The van der Waals surface area contributed by atoms with Crippen LogP contribution in [0.4, 0.5) is 0 Å². The lowest BCUT2D eigenvalue weighted by molar-refractivity contribution is 0.0902. The molecule has 3 aromatic rings. The van der Waals surface area contributed by atoms with Crippen molar-refractivity contribution in [1.29, 1.82) is 0 Å². The molecule has 11 heteroatoms. The Morgan fingerprint density at radius 2 is 1.23 bits per heavy atom. The number of carbonyl (C=O) groups is 2. The van der Waals surface area contributed by atoms with Gasteiger partial charge in [0.25, 0.3) is 0 Å². The second kappa shape index (κ2) is 11.9. The molecule has 0 aliphatic heterocycles. The molecule has 35 heavy (non-hydrogen) atoms. The first-order valence-electron chi connectivity index (χ1n) is 10.6. The lowest BCUT2D eigenvalue weighted by Gasteiger charge is -2.06. The maximum Gasteiger partial charge on any atom is 0.307 e. The molecule has 1 aromatic heterocycles. The molecule has 3 rings (SSSR count). The number of ether oxygens (including phenoxy) is 2. The van der Waals surface area contributed by atoms with E-state index in [2.05, 4.69) is 21.1 Å². The van der Waals surface area contributed by atoms with Crippen LogP contribution in [0.3, 0.4) is 0 Å². The van der Waals surface area contributed by atoms with Crippen LogP contribution < -0.4 is 20.3 Å². The number of aromatic hydroxyl groups is 2. The minimum atomic E-state index is -0.667. The Morgan fingerprint density at radius 1 is 0.800 bits per heavy atom. The van der Waals surface area contributed by atoms with Gasteiger partial charge in [-0.05, 0) is 73.5 Å². The fourth-order valence-electron chi connectivity index (χ4n) is 2.79. The molecule has 0 bridgehead atoms. The summed E-state index contributed by atoms with van der Waals surface area (Å²) in [5, 5.41) is 27.1. The van der Waals surface area contributed by atoms with Crippen molar-refractivity contribution in [2.45, 2.75) is 13.8 Å². The summed E-state index contributed by atoms with van der Waals surface area (Å²) in [6.45, 7) is 4.35. The van der Waals surface area contributed by atoms with Gasteiger partial charge in [0.15, 0.2) is 34.5 Å². The minimum Gasteiger partial charge on any atom is -0.504 e. The lowest BCUT2D eigenvalue weighted by atomic mass is 10.2. The zero-order valence-electron chi connectivity index (χ0n) is 19.0. The highest BCUT2D eigenvalue weighted by atomic mass is 16.5. The average Bonchev–Trinajstić information content (AvgIpc) is 3.34. The molecule has 0 saturated heterocycles. The van der Waals surface area contributed by atoms with Crippen molar-refractivity contribution in [3.63, 3.8) is 0 Å². The van der Waals surface area contributed by atoms with Crippen LogP contribution in [-0.4, -0.2) is 47.7 Å². The normalized spacial score (nSPS) is 11.0. The van der Waals surface area contributed by atoms with E-state index in [1.807, 2.05) is 0 Å². The van der Waals surface area contributed by atoms with Crippen molar-refractivity contribution in [1.82, 2.24) is 10.9 Å². The summed E-state index contributed by atoms with van der Waals surface area (Å²) in [5.41, 5.74) is 5.76. The third-order valence-electron chi connectivity index (χ3n) is 4.38. The monoisotopic (exact) mass is 480 g/mol. The Labute approximate surface area is 200 Å². The van der Waals surface area contributed by atoms with Crippen molar-refractivity contribution in [3.05, 3.63) is 71.2 Å². The summed E-state index contributed by atoms with van der Waals surface area (Å²) in [6, 6.07) is 11.9. The first kappa shape index (κ1) is 24.8. The predicted molar refractivity (Wildman–Crippen MR) is 127 cm³/mol. The van der Waals surface area contributed by atoms with Gasteiger partial charge in [-0.2, -0.15) is 10.2 Å². The Morgan fingerprint density at radius 3 is 1.63 bits per heavy atom. The van der Waals surface area contributed by atoms with Crippen LogP contribution in [-0.2, 0) is 0 Å². The maximum absolute atomic E-state index is 12.2. The van der Waals surface area contributed by atoms with E-state index in [0.717, 1.165) is 0 Å². The van der Waals surface area contributed by atoms with E-state index in [-0.39, 0.29) is 23.0 Å². The fraction of sp³-hybridized carbons (Fsp3) is 0.167. The molecule has 11 nitrogen and oxygen atoms in total. The number of carbonyl (C=O) groups excluding carboxylic acids is 2. The summed E-state index contributed by atoms with van der Waals surface area (Å²) >= 11 is 0. The summed E-state index contributed by atoms with van der Waals surface area (Å²) < 4.78 is 15.9. The number of hydrogen-bond donors (Lipinski definition) is 4. The van der Waals surface area contributed by atoms with E-state index >= 15 is 0 Å². The predicted octanol–water partition coefficient (Wildman–Crippen LogP) is 3.02. The third-order valence-corrected chi connectivity index (χ3v) is 4.38. The number of phenolic OH excluding ortho intramolecular Hbond substituents is 2. The minimum absolute atomic E-state index is 0.00270. The number of amides is 2. The number of hydrogen-bond acceptors (Lipinski definition) is 9. The molecule has 0 fully saturated rings. The van der Waals surface area contributed by atoms with Crippen LogP contribution in [0.1, 0.15) is 46.1 Å². The quantitative estimate of drug-likeness (QED) is 0.257. The number of hydrazone groups is 2. The molecule has 0 spiro atoms. The highest BCUT2D eigenvalue weighted by Gasteiger charge is 2.15. The Hall–Kier alpha value is -4.80. The molecule has 4 N–H and O–H groups in total. The van der Waals surface area contributed by atoms with Crippen molar-refractivity contribution >= 4 is 24.2 Å². The van der Waals surface area contributed by atoms with Gasteiger partial charge < -0.3 is 24.1 Å². The van der Waals surface area contributed by atoms with Gasteiger partial charge in [0, 0.05) is 0 Å². The number of phenols is 2. The molecule has 182 valence electrons. The SMILES string of the molecule is CCOc1cc(/C=N/NC(=O)c2ccc(C(=O)N/N=C/c3ccc(O)c(OCC)c3)o2)ccc1O. The summed E-state index contributed by atoms with van der Waals surface area (Å²) in [7, 11) is 0. The molecule has 0 saturated carbocycles. The van der Waals surface area contributed by atoms with Gasteiger partial charge in [-0.25, -0.2) is 10.9 Å². The second-order valence-electron chi connectivity index (χ2n) is 6.88. The van der Waals surface area contributed by atoms with E-state index in [1.165, 1.54) is 36.7 Å². The largest absolute Gasteiger partial charge is 0.504 e. The van der Waals surface area contributed by atoms with E-state index in [0.29, 0.717) is 35.8 Å².